The lowest BCUT2D eigenvalue weighted by atomic mass is 10.1. The second kappa shape index (κ2) is 10.6. The Balaban J connectivity index is 0.00000240. The highest BCUT2D eigenvalue weighted by molar-refractivity contribution is 14.0. The van der Waals surface area contributed by atoms with Crippen molar-refractivity contribution in [3.63, 3.8) is 0 Å². The molecule has 1 aromatic carbocycles. The maximum Gasteiger partial charge on any atom is 0.191 e. The number of halogens is 1. The van der Waals surface area contributed by atoms with E-state index >= 15 is 0 Å². The van der Waals surface area contributed by atoms with E-state index in [1.54, 1.807) is 7.05 Å². The fourth-order valence-electron chi connectivity index (χ4n) is 3.61. The molecule has 8 heteroatoms. The fraction of sp³-hybridized carbons (Fsp3) is 0.429. The number of hydrogen-bond donors (Lipinski definition) is 2. The Kier molecular flexibility index (Phi) is 7.93. The van der Waals surface area contributed by atoms with Crippen LogP contribution < -0.4 is 20.3 Å². The smallest absolute Gasteiger partial charge is 0.191 e. The lowest BCUT2D eigenvalue weighted by Gasteiger charge is -2.29. The van der Waals surface area contributed by atoms with Gasteiger partial charge in [0.25, 0.3) is 0 Å². The number of para-hydroxylation sites is 1. The molecule has 0 aliphatic carbocycles. The number of pyridine rings is 1. The number of nitrogens with one attached hydrogen (secondary N) is 2. The molecule has 0 spiro atoms. The van der Waals surface area contributed by atoms with E-state index < -0.39 is 0 Å². The third-order valence-electron chi connectivity index (χ3n) is 5.06. The van der Waals surface area contributed by atoms with Crippen LogP contribution in [-0.4, -0.2) is 56.9 Å². The fourth-order valence-corrected chi connectivity index (χ4v) is 3.61. The van der Waals surface area contributed by atoms with E-state index in [0.29, 0.717) is 13.1 Å². The summed E-state index contributed by atoms with van der Waals surface area (Å²) >= 11 is 0. The quantitative estimate of drug-likeness (QED) is 0.366. The molecule has 2 N–H and O–H groups in total. The van der Waals surface area contributed by atoms with Crippen LogP contribution in [-0.2, 0) is 17.7 Å². The van der Waals surface area contributed by atoms with E-state index in [4.69, 9.17) is 9.47 Å². The average molecular weight is 509 g/mol. The number of morpholine rings is 1. The van der Waals surface area contributed by atoms with Crippen LogP contribution in [0, 0.1) is 0 Å². The van der Waals surface area contributed by atoms with Gasteiger partial charge < -0.3 is 25.0 Å². The van der Waals surface area contributed by atoms with Crippen LogP contribution in [0.3, 0.4) is 0 Å². The van der Waals surface area contributed by atoms with Crippen LogP contribution in [0.2, 0.25) is 0 Å². The summed E-state index contributed by atoms with van der Waals surface area (Å²) in [7, 11) is 1.78. The molecule has 1 unspecified atom stereocenters. The molecule has 2 aliphatic heterocycles. The first-order valence-corrected chi connectivity index (χ1v) is 9.79. The summed E-state index contributed by atoms with van der Waals surface area (Å²) in [6, 6.07) is 12.3. The van der Waals surface area contributed by atoms with Crippen molar-refractivity contribution in [2.75, 3.05) is 44.8 Å². The molecule has 1 fully saturated rings. The van der Waals surface area contributed by atoms with Gasteiger partial charge in [0.2, 0.25) is 0 Å². The number of ether oxygens (including phenoxy) is 2. The SMILES string of the molecule is CN=C(NCc1cccnc1N1CCOCC1)NCC1Cc2ccccc2O1.I. The van der Waals surface area contributed by atoms with Crippen LogP contribution in [0.15, 0.2) is 47.6 Å². The highest BCUT2D eigenvalue weighted by Gasteiger charge is 2.22. The lowest BCUT2D eigenvalue weighted by molar-refractivity contribution is 0.122. The number of rotatable bonds is 5. The number of fused-ring (bicyclic) bond motifs is 1. The number of anilines is 1. The lowest BCUT2D eigenvalue weighted by Crippen LogP contribution is -2.42. The molecular weight excluding hydrogens is 481 g/mol. The third kappa shape index (κ3) is 5.51. The zero-order chi connectivity index (χ0) is 19.2. The van der Waals surface area contributed by atoms with Crippen molar-refractivity contribution in [2.24, 2.45) is 4.99 Å². The first kappa shape index (κ1) is 21.6. The van der Waals surface area contributed by atoms with E-state index in [9.17, 15) is 0 Å². The number of nitrogens with zero attached hydrogens (tertiary/aromatic N) is 3. The van der Waals surface area contributed by atoms with Gasteiger partial charge in [-0.2, -0.15) is 0 Å². The van der Waals surface area contributed by atoms with Crippen molar-refractivity contribution >= 4 is 35.8 Å². The molecule has 2 aromatic rings. The van der Waals surface area contributed by atoms with Gasteiger partial charge in [-0.25, -0.2) is 4.98 Å². The predicted octanol–water partition coefficient (Wildman–Crippen LogP) is 2.20. The Labute approximate surface area is 188 Å². The molecule has 4 rings (SSSR count). The van der Waals surface area contributed by atoms with Crippen molar-refractivity contribution in [3.8, 4) is 5.75 Å². The van der Waals surface area contributed by atoms with Crippen molar-refractivity contribution in [3.05, 3.63) is 53.7 Å². The summed E-state index contributed by atoms with van der Waals surface area (Å²) in [5.74, 6) is 2.77. The molecule has 7 nitrogen and oxygen atoms in total. The van der Waals surface area contributed by atoms with Crippen molar-refractivity contribution < 1.29 is 9.47 Å². The van der Waals surface area contributed by atoms with Gasteiger partial charge in [0.15, 0.2) is 5.96 Å². The maximum atomic E-state index is 5.99. The third-order valence-corrected chi connectivity index (χ3v) is 5.06. The summed E-state index contributed by atoms with van der Waals surface area (Å²) in [4.78, 5) is 11.2. The zero-order valence-electron chi connectivity index (χ0n) is 16.6. The Bertz CT molecular complexity index is 801. The zero-order valence-corrected chi connectivity index (χ0v) is 19.0. The van der Waals surface area contributed by atoms with E-state index in [-0.39, 0.29) is 30.1 Å². The summed E-state index contributed by atoms with van der Waals surface area (Å²) in [5, 5.41) is 6.77. The van der Waals surface area contributed by atoms with Gasteiger partial charge in [0, 0.05) is 44.9 Å². The van der Waals surface area contributed by atoms with Gasteiger partial charge in [-0.15, -0.1) is 24.0 Å². The molecule has 3 heterocycles. The van der Waals surface area contributed by atoms with Gasteiger partial charge in [-0.1, -0.05) is 24.3 Å². The van der Waals surface area contributed by atoms with Crippen molar-refractivity contribution in [2.45, 2.75) is 19.1 Å². The number of guanidine groups is 1. The normalized spacial score (nSPS) is 18.4. The first-order chi connectivity index (χ1) is 13.8. The Morgan fingerprint density at radius 1 is 1.17 bits per heavy atom. The minimum absolute atomic E-state index is 0. The van der Waals surface area contributed by atoms with E-state index in [1.807, 2.05) is 24.4 Å². The molecule has 0 saturated carbocycles. The molecule has 1 saturated heterocycles. The largest absolute Gasteiger partial charge is 0.488 e. The Morgan fingerprint density at radius 2 is 2.00 bits per heavy atom. The summed E-state index contributed by atoms with van der Waals surface area (Å²) in [6.07, 6.45) is 2.89. The molecule has 2 aliphatic rings. The van der Waals surface area contributed by atoms with Gasteiger partial charge in [-0.05, 0) is 17.7 Å². The number of hydrogen-bond acceptors (Lipinski definition) is 5. The second-order valence-electron chi connectivity index (χ2n) is 6.94. The molecule has 156 valence electrons. The minimum atomic E-state index is 0. The highest BCUT2D eigenvalue weighted by atomic mass is 127. The molecule has 1 aromatic heterocycles. The van der Waals surface area contributed by atoms with Gasteiger partial charge in [0.1, 0.15) is 17.7 Å². The molecule has 0 radical (unpaired) electrons. The van der Waals surface area contributed by atoms with Crippen molar-refractivity contribution in [1.29, 1.82) is 0 Å². The molecule has 0 amide bonds. The molecular formula is C21H28IN5O2. The number of benzene rings is 1. The van der Waals surface area contributed by atoms with E-state index in [1.165, 1.54) is 5.56 Å². The van der Waals surface area contributed by atoms with Crippen LogP contribution in [0.5, 0.6) is 5.75 Å². The predicted molar refractivity (Wildman–Crippen MR) is 125 cm³/mol. The summed E-state index contributed by atoms with van der Waals surface area (Å²) < 4.78 is 11.4. The van der Waals surface area contributed by atoms with Gasteiger partial charge >= 0.3 is 0 Å². The average Bonchev–Trinajstić information content (AvgIpc) is 3.18. The van der Waals surface area contributed by atoms with Crippen molar-refractivity contribution in [1.82, 2.24) is 15.6 Å². The first-order valence-electron chi connectivity index (χ1n) is 9.79. The van der Waals surface area contributed by atoms with E-state index in [2.05, 4.69) is 43.7 Å². The molecule has 29 heavy (non-hydrogen) atoms. The minimum Gasteiger partial charge on any atom is -0.488 e. The number of aliphatic imine (C=N–C) groups is 1. The second-order valence-corrected chi connectivity index (χ2v) is 6.94. The monoisotopic (exact) mass is 509 g/mol. The summed E-state index contributed by atoms with van der Waals surface area (Å²) in [5.41, 5.74) is 2.42. The van der Waals surface area contributed by atoms with Gasteiger partial charge in [0.05, 0.1) is 19.8 Å². The molecule has 0 bridgehead atoms. The molecule has 1 atom stereocenters. The topological polar surface area (TPSA) is 71.0 Å². The van der Waals surface area contributed by atoms with Gasteiger partial charge in [-0.3, -0.25) is 4.99 Å². The van der Waals surface area contributed by atoms with Crippen LogP contribution in [0.4, 0.5) is 5.82 Å². The Morgan fingerprint density at radius 3 is 2.79 bits per heavy atom. The van der Waals surface area contributed by atoms with Crippen LogP contribution >= 0.6 is 24.0 Å². The van der Waals surface area contributed by atoms with Crippen LogP contribution in [0.1, 0.15) is 11.1 Å². The highest BCUT2D eigenvalue weighted by Crippen LogP contribution is 2.27. The summed E-state index contributed by atoms with van der Waals surface area (Å²) in [6.45, 7) is 4.60. The maximum absolute atomic E-state index is 5.99. The number of aromatic nitrogens is 1. The van der Waals surface area contributed by atoms with E-state index in [0.717, 1.165) is 55.8 Å². The van der Waals surface area contributed by atoms with Crippen LogP contribution in [0.25, 0.3) is 0 Å². The standard InChI is InChI=1S/C21H27N5O2.HI/c1-22-21(25-15-18-13-16-5-2-3-7-19(16)28-18)24-14-17-6-4-8-23-20(17)26-9-11-27-12-10-26;/h2-8,18H,9-15H2,1H3,(H2,22,24,25);1H. The Hall–Kier alpha value is -2.07.